The van der Waals surface area contributed by atoms with E-state index in [0.29, 0.717) is 0 Å². The number of hydrogen-bond acceptors (Lipinski definition) is 6. The highest BCUT2D eigenvalue weighted by atomic mass is 32.2. The predicted molar refractivity (Wildman–Crippen MR) is 98.6 cm³/mol. The molecule has 0 spiro atoms. The van der Waals surface area contributed by atoms with E-state index in [4.69, 9.17) is 0 Å². The molecular weight excluding hydrogens is 358 g/mol. The third kappa shape index (κ3) is 4.78. The molecule has 0 aliphatic carbocycles. The Morgan fingerprint density at radius 3 is 2.31 bits per heavy atom. The predicted octanol–water partition coefficient (Wildman–Crippen LogP) is 1.71. The Hall–Kier alpha value is -2.49. The molecule has 0 radical (unpaired) electrons. The summed E-state index contributed by atoms with van der Waals surface area (Å²) < 4.78 is 27.1. The summed E-state index contributed by atoms with van der Waals surface area (Å²) in [6, 6.07) is 13.1. The number of nitro groups is 1. The van der Waals surface area contributed by atoms with Crippen LogP contribution in [0.25, 0.3) is 0 Å². The van der Waals surface area contributed by atoms with Gasteiger partial charge < -0.3 is 10.0 Å². The van der Waals surface area contributed by atoms with Gasteiger partial charge >= 0.3 is 0 Å². The topological polar surface area (TPSA) is 104 Å². The largest absolute Gasteiger partial charge is 0.390 e. The molecule has 1 unspecified atom stereocenters. The van der Waals surface area contributed by atoms with Crippen molar-refractivity contribution in [3.05, 3.63) is 64.7 Å². The number of aliphatic hydroxyl groups is 1. The normalized spacial score (nSPS) is 12.8. The van der Waals surface area contributed by atoms with Crippen LogP contribution in [0.2, 0.25) is 0 Å². The van der Waals surface area contributed by atoms with Gasteiger partial charge in [-0.15, -0.1) is 0 Å². The summed E-state index contributed by atoms with van der Waals surface area (Å²) in [5.74, 6) is 0. The highest BCUT2D eigenvalue weighted by Gasteiger charge is 2.28. The lowest BCUT2D eigenvalue weighted by atomic mass is 10.2. The fraction of sp³-hybridized carbons (Fsp3) is 0.294. The van der Waals surface area contributed by atoms with Crippen LogP contribution in [0.1, 0.15) is 0 Å². The lowest BCUT2D eigenvalue weighted by Crippen LogP contribution is -2.41. The van der Waals surface area contributed by atoms with E-state index in [1.54, 1.807) is 37.2 Å². The Balaban J connectivity index is 2.49. The number of non-ortho nitro benzene ring substituents is 1. The smallest absolute Gasteiger partial charge is 0.271 e. The zero-order valence-electron chi connectivity index (χ0n) is 14.5. The highest BCUT2D eigenvalue weighted by Crippen LogP contribution is 2.27. The SMILES string of the molecule is CN(C)CC(O)CN(c1cccc([N+](=O)[O-])c1)S(=O)(=O)c1ccccc1. The molecule has 0 bridgehead atoms. The van der Waals surface area contributed by atoms with Gasteiger partial charge in [0.05, 0.1) is 28.2 Å². The average molecular weight is 379 g/mol. The van der Waals surface area contributed by atoms with Gasteiger partial charge in [-0.05, 0) is 32.3 Å². The van der Waals surface area contributed by atoms with Crippen LogP contribution in [-0.2, 0) is 10.0 Å². The molecule has 1 atom stereocenters. The number of hydrogen-bond donors (Lipinski definition) is 1. The van der Waals surface area contributed by atoms with Gasteiger partial charge in [-0.25, -0.2) is 8.42 Å². The minimum Gasteiger partial charge on any atom is -0.390 e. The van der Waals surface area contributed by atoms with Crippen LogP contribution in [0.15, 0.2) is 59.5 Å². The number of rotatable bonds is 8. The van der Waals surface area contributed by atoms with Gasteiger partial charge in [0, 0.05) is 18.7 Å². The number of sulfonamides is 1. The molecule has 8 nitrogen and oxygen atoms in total. The summed E-state index contributed by atoms with van der Waals surface area (Å²) in [5, 5.41) is 21.3. The molecule has 0 saturated carbocycles. The van der Waals surface area contributed by atoms with Crippen LogP contribution in [0, 0.1) is 10.1 Å². The Labute approximate surface area is 152 Å². The molecule has 26 heavy (non-hydrogen) atoms. The monoisotopic (exact) mass is 379 g/mol. The molecule has 0 heterocycles. The standard InChI is InChI=1S/C17H21N3O5S/c1-18(2)12-16(21)13-19(14-7-6-8-15(11-14)20(22)23)26(24,25)17-9-4-3-5-10-17/h3-11,16,21H,12-13H2,1-2H3. The van der Waals surface area contributed by atoms with E-state index < -0.39 is 21.1 Å². The minimum atomic E-state index is -4.00. The van der Waals surface area contributed by atoms with Crippen LogP contribution < -0.4 is 4.31 Å². The molecule has 0 aliphatic rings. The first-order valence-electron chi connectivity index (χ1n) is 7.87. The summed E-state index contributed by atoms with van der Waals surface area (Å²) in [7, 11) is -0.482. The molecule has 2 rings (SSSR count). The first-order valence-corrected chi connectivity index (χ1v) is 9.31. The van der Waals surface area contributed by atoms with Gasteiger partial charge in [-0.3, -0.25) is 14.4 Å². The number of nitrogens with zero attached hydrogens (tertiary/aromatic N) is 3. The van der Waals surface area contributed by atoms with Crippen molar-refractivity contribution in [1.82, 2.24) is 4.90 Å². The molecule has 0 saturated heterocycles. The summed E-state index contributed by atoms with van der Waals surface area (Å²) in [6.07, 6.45) is -0.970. The number of likely N-dealkylation sites (N-methyl/N-ethyl adjacent to an activating group) is 1. The first kappa shape index (κ1) is 19.8. The summed E-state index contributed by atoms with van der Waals surface area (Å²) >= 11 is 0. The van der Waals surface area contributed by atoms with E-state index in [-0.39, 0.29) is 29.4 Å². The second-order valence-electron chi connectivity index (χ2n) is 6.04. The van der Waals surface area contributed by atoms with Gasteiger partial charge in [0.1, 0.15) is 0 Å². The van der Waals surface area contributed by atoms with Crippen LogP contribution in [-0.4, -0.2) is 56.6 Å². The van der Waals surface area contributed by atoms with Crippen LogP contribution in [0.5, 0.6) is 0 Å². The average Bonchev–Trinajstić information content (AvgIpc) is 2.59. The Kier molecular flexibility index (Phi) is 6.30. The molecule has 2 aromatic carbocycles. The lowest BCUT2D eigenvalue weighted by molar-refractivity contribution is -0.384. The zero-order valence-corrected chi connectivity index (χ0v) is 15.3. The Morgan fingerprint density at radius 2 is 1.73 bits per heavy atom. The molecular formula is C17H21N3O5S. The van der Waals surface area contributed by atoms with E-state index in [9.17, 15) is 23.6 Å². The highest BCUT2D eigenvalue weighted by molar-refractivity contribution is 7.92. The number of benzene rings is 2. The molecule has 2 aromatic rings. The molecule has 0 fully saturated rings. The van der Waals surface area contributed by atoms with Crippen LogP contribution >= 0.6 is 0 Å². The fourth-order valence-corrected chi connectivity index (χ4v) is 4.01. The second-order valence-corrected chi connectivity index (χ2v) is 7.90. The van der Waals surface area contributed by atoms with Gasteiger partial charge in [0.15, 0.2) is 0 Å². The molecule has 0 aromatic heterocycles. The Morgan fingerprint density at radius 1 is 1.08 bits per heavy atom. The maximum Gasteiger partial charge on any atom is 0.271 e. The van der Waals surface area contributed by atoms with Gasteiger partial charge in [0.2, 0.25) is 0 Å². The van der Waals surface area contributed by atoms with Crippen molar-refractivity contribution in [2.45, 2.75) is 11.0 Å². The van der Waals surface area contributed by atoms with E-state index in [1.165, 1.54) is 36.4 Å². The Bertz CT molecular complexity index is 856. The molecule has 0 amide bonds. The van der Waals surface area contributed by atoms with Gasteiger partial charge in [0.25, 0.3) is 15.7 Å². The van der Waals surface area contributed by atoms with Crippen molar-refractivity contribution < 1.29 is 18.4 Å². The van der Waals surface area contributed by atoms with Crippen LogP contribution in [0.4, 0.5) is 11.4 Å². The summed E-state index contributed by atoms with van der Waals surface area (Å²) in [5.41, 5.74) is -0.0984. The lowest BCUT2D eigenvalue weighted by Gasteiger charge is -2.27. The molecule has 1 N–H and O–H groups in total. The minimum absolute atomic E-state index is 0.0450. The maximum atomic E-state index is 13.1. The molecule has 0 aliphatic heterocycles. The molecule has 140 valence electrons. The third-order valence-electron chi connectivity index (χ3n) is 3.61. The van der Waals surface area contributed by atoms with Crippen molar-refractivity contribution in [3.63, 3.8) is 0 Å². The fourth-order valence-electron chi connectivity index (χ4n) is 2.49. The van der Waals surface area contributed by atoms with Crippen LogP contribution in [0.3, 0.4) is 0 Å². The van der Waals surface area contributed by atoms with Crippen molar-refractivity contribution >= 4 is 21.4 Å². The molecule has 9 heteroatoms. The number of anilines is 1. The first-order chi connectivity index (χ1) is 12.2. The van der Waals surface area contributed by atoms with Crippen molar-refractivity contribution in [1.29, 1.82) is 0 Å². The maximum absolute atomic E-state index is 13.1. The van der Waals surface area contributed by atoms with E-state index in [2.05, 4.69) is 0 Å². The number of aliphatic hydroxyl groups excluding tert-OH is 1. The van der Waals surface area contributed by atoms with E-state index in [1.807, 2.05) is 0 Å². The zero-order chi connectivity index (χ0) is 19.3. The number of nitro benzene ring substituents is 1. The van der Waals surface area contributed by atoms with E-state index in [0.717, 1.165) is 4.31 Å². The van der Waals surface area contributed by atoms with Gasteiger partial charge in [-0.2, -0.15) is 0 Å². The third-order valence-corrected chi connectivity index (χ3v) is 5.42. The second kappa shape index (κ2) is 8.26. The van der Waals surface area contributed by atoms with Crippen molar-refractivity contribution in [3.8, 4) is 0 Å². The van der Waals surface area contributed by atoms with Crippen molar-refractivity contribution in [2.75, 3.05) is 31.5 Å². The van der Waals surface area contributed by atoms with Crippen molar-refractivity contribution in [2.24, 2.45) is 0 Å². The summed E-state index contributed by atoms with van der Waals surface area (Å²) in [6.45, 7) is 0.0202. The van der Waals surface area contributed by atoms with Gasteiger partial charge in [-0.1, -0.05) is 24.3 Å². The summed E-state index contributed by atoms with van der Waals surface area (Å²) in [4.78, 5) is 12.2. The quantitative estimate of drug-likeness (QED) is 0.553. The van der Waals surface area contributed by atoms with E-state index >= 15 is 0 Å².